The molecule has 3 nitrogen and oxygen atoms in total. The lowest BCUT2D eigenvalue weighted by Gasteiger charge is -2.37. The molecule has 116 valence electrons. The molecule has 2 aliphatic rings. The van der Waals surface area contributed by atoms with E-state index >= 15 is 0 Å². The summed E-state index contributed by atoms with van der Waals surface area (Å²) in [5.74, 6) is 1.38. The van der Waals surface area contributed by atoms with Gasteiger partial charge in [0.15, 0.2) is 0 Å². The lowest BCUT2D eigenvalue weighted by Crippen LogP contribution is -2.47. The minimum atomic E-state index is 0.334. The molecule has 1 aromatic rings. The average molecular weight is 288 g/mol. The van der Waals surface area contributed by atoms with Gasteiger partial charge in [0.1, 0.15) is 0 Å². The topological polar surface area (TPSA) is 38.5 Å². The lowest BCUT2D eigenvalue weighted by molar-refractivity contribution is 0.0208. The molecule has 0 amide bonds. The van der Waals surface area contributed by atoms with Crippen LogP contribution in [0.25, 0.3) is 0 Å². The van der Waals surface area contributed by atoms with Gasteiger partial charge in [0.25, 0.3) is 0 Å². The Morgan fingerprint density at radius 2 is 1.86 bits per heavy atom. The number of piperidine rings is 1. The van der Waals surface area contributed by atoms with Crippen molar-refractivity contribution in [3.63, 3.8) is 0 Å². The summed E-state index contributed by atoms with van der Waals surface area (Å²) in [7, 11) is 0. The second-order valence-corrected chi connectivity index (χ2v) is 6.72. The smallest absolute Gasteiger partial charge is 0.0521 e. The Labute approximate surface area is 128 Å². The Kier molecular flexibility index (Phi) is 5.28. The molecule has 3 heteroatoms. The first-order valence-corrected chi connectivity index (χ1v) is 8.41. The van der Waals surface area contributed by atoms with Crippen LogP contribution in [0.5, 0.6) is 0 Å². The molecule has 2 heterocycles. The van der Waals surface area contributed by atoms with Gasteiger partial charge in [-0.2, -0.15) is 0 Å². The molecule has 3 rings (SSSR count). The molecular weight excluding hydrogens is 260 g/mol. The van der Waals surface area contributed by atoms with E-state index in [-0.39, 0.29) is 0 Å². The summed E-state index contributed by atoms with van der Waals surface area (Å²) in [5, 5.41) is 0. The van der Waals surface area contributed by atoms with Crippen molar-refractivity contribution < 1.29 is 4.74 Å². The first-order chi connectivity index (χ1) is 10.3. The Balaban J connectivity index is 1.42. The number of hydrogen-bond donors (Lipinski definition) is 1. The van der Waals surface area contributed by atoms with Crippen LogP contribution in [-0.2, 0) is 11.2 Å². The van der Waals surface area contributed by atoms with Gasteiger partial charge in [0.05, 0.1) is 6.61 Å². The zero-order chi connectivity index (χ0) is 14.5. The number of rotatable bonds is 4. The average Bonchev–Trinajstić information content (AvgIpc) is 2.52. The van der Waals surface area contributed by atoms with E-state index in [9.17, 15) is 0 Å². The fraction of sp³-hybridized carbons (Fsp3) is 0.667. The second-order valence-electron chi connectivity index (χ2n) is 6.72. The Hall–Kier alpha value is -0.900. The maximum atomic E-state index is 6.22. The lowest BCUT2D eigenvalue weighted by atomic mass is 9.89. The van der Waals surface area contributed by atoms with Crippen LogP contribution in [-0.4, -0.2) is 43.8 Å². The zero-order valence-electron chi connectivity index (χ0n) is 12.9. The van der Waals surface area contributed by atoms with Crippen molar-refractivity contribution in [3.8, 4) is 0 Å². The summed E-state index contributed by atoms with van der Waals surface area (Å²) in [6, 6.07) is 11.2. The molecule has 2 unspecified atom stereocenters. The molecule has 2 atom stereocenters. The van der Waals surface area contributed by atoms with E-state index in [2.05, 4.69) is 35.2 Å². The summed E-state index contributed by atoms with van der Waals surface area (Å²) in [4.78, 5) is 2.60. The highest BCUT2D eigenvalue weighted by Gasteiger charge is 2.27. The van der Waals surface area contributed by atoms with Crippen molar-refractivity contribution in [3.05, 3.63) is 35.9 Å². The van der Waals surface area contributed by atoms with Crippen molar-refractivity contribution >= 4 is 0 Å². The predicted molar refractivity (Wildman–Crippen MR) is 86.2 cm³/mol. The van der Waals surface area contributed by atoms with E-state index in [1.807, 2.05) is 0 Å². The third kappa shape index (κ3) is 4.29. The zero-order valence-corrected chi connectivity index (χ0v) is 12.9. The van der Waals surface area contributed by atoms with Crippen LogP contribution in [0.2, 0.25) is 0 Å². The van der Waals surface area contributed by atoms with Crippen molar-refractivity contribution in [1.82, 2.24) is 4.90 Å². The Bertz CT molecular complexity index is 414. The number of benzene rings is 1. The molecule has 1 aromatic carbocycles. The van der Waals surface area contributed by atoms with Crippen LogP contribution in [0.3, 0.4) is 0 Å². The van der Waals surface area contributed by atoms with Crippen molar-refractivity contribution in [2.24, 2.45) is 17.6 Å². The molecule has 0 radical (unpaired) electrons. The minimum absolute atomic E-state index is 0.334. The normalized spacial score (nSPS) is 28.6. The molecular formula is C18H28N2O. The van der Waals surface area contributed by atoms with Gasteiger partial charge >= 0.3 is 0 Å². The molecule has 2 N–H and O–H groups in total. The van der Waals surface area contributed by atoms with Gasteiger partial charge in [-0.1, -0.05) is 30.3 Å². The first-order valence-electron chi connectivity index (χ1n) is 8.41. The van der Waals surface area contributed by atoms with E-state index in [1.54, 1.807) is 0 Å². The van der Waals surface area contributed by atoms with E-state index in [4.69, 9.17) is 10.5 Å². The van der Waals surface area contributed by atoms with Crippen molar-refractivity contribution in [2.45, 2.75) is 31.7 Å². The molecule has 2 fully saturated rings. The highest BCUT2D eigenvalue weighted by molar-refractivity contribution is 5.15. The van der Waals surface area contributed by atoms with Gasteiger partial charge in [-0.3, -0.25) is 0 Å². The summed E-state index contributed by atoms with van der Waals surface area (Å²) in [5.41, 5.74) is 7.70. The van der Waals surface area contributed by atoms with Crippen LogP contribution in [0.1, 0.15) is 24.8 Å². The molecule has 21 heavy (non-hydrogen) atoms. The molecule has 0 spiro atoms. The standard InChI is InChI=1S/C18H28N2O/c19-18-8-11-21-14-17(18)13-20-9-6-16(7-10-20)12-15-4-2-1-3-5-15/h1-5,16-18H,6-14,19H2. The molecule has 0 saturated carbocycles. The van der Waals surface area contributed by atoms with Gasteiger partial charge in [0.2, 0.25) is 0 Å². The van der Waals surface area contributed by atoms with Crippen LogP contribution in [0, 0.1) is 11.8 Å². The largest absolute Gasteiger partial charge is 0.381 e. The van der Waals surface area contributed by atoms with Gasteiger partial charge in [0, 0.05) is 25.1 Å². The number of nitrogens with zero attached hydrogens (tertiary/aromatic N) is 1. The van der Waals surface area contributed by atoms with E-state index in [0.717, 1.165) is 32.1 Å². The molecule has 2 aliphatic heterocycles. The van der Waals surface area contributed by atoms with Crippen LogP contribution < -0.4 is 5.73 Å². The Morgan fingerprint density at radius 1 is 1.10 bits per heavy atom. The summed E-state index contributed by atoms with van der Waals surface area (Å²) in [6.45, 7) is 5.27. The summed E-state index contributed by atoms with van der Waals surface area (Å²) < 4.78 is 5.59. The number of nitrogens with two attached hydrogens (primary N) is 1. The third-order valence-electron chi connectivity index (χ3n) is 5.10. The van der Waals surface area contributed by atoms with Crippen LogP contribution in [0.15, 0.2) is 30.3 Å². The maximum Gasteiger partial charge on any atom is 0.0521 e. The van der Waals surface area contributed by atoms with E-state index < -0.39 is 0 Å². The van der Waals surface area contributed by atoms with Gasteiger partial charge in [-0.05, 0) is 50.3 Å². The van der Waals surface area contributed by atoms with Gasteiger partial charge in [-0.25, -0.2) is 0 Å². The second kappa shape index (κ2) is 7.39. The molecule has 0 aromatic heterocycles. The predicted octanol–water partition coefficient (Wildman–Crippen LogP) is 2.30. The number of likely N-dealkylation sites (tertiary alicyclic amines) is 1. The third-order valence-corrected chi connectivity index (χ3v) is 5.10. The maximum absolute atomic E-state index is 6.22. The SMILES string of the molecule is NC1CCOCC1CN1CCC(Cc2ccccc2)CC1. The van der Waals surface area contributed by atoms with Gasteiger partial charge < -0.3 is 15.4 Å². The quantitative estimate of drug-likeness (QED) is 0.924. The summed E-state index contributed by atoms with van der Waals surface area (Å²) in [6.07, 6.45) is 4.89. The van der Waals surface area contributed by atoms with Crippen molar-refractivity contribution in [2.75, 3.05) is 32.8 Å². The molecule has 0 aliphatic carbocycles. The van der Waals surface area contributed by atoms with Gasteiger partial charge in [-0.15, -0.1) is 0 Å². The highest BCUT2D eigenvalue weighted by atomic mass is 16.5. The molecule has 0 bridgehead atoms. The fourth-order valence-corrected chi connectivity index (χ4v) is 3.65. The minimum Gasteiger partial charge on any atom is -0.381 e. The monoisotopic (exact) mass is 288 g/mol. The van der Waals surface area contributed by atoms with E-state index in [1.165, 1.54) is 37.9 Å². The number of ether oxygens (including phenoxy) is 1. The first kappa shape index (κ1) is 15.0. The summed E-state index contributed by atoms with van der Waals surface area (Å²) >= 11 is 0. The fourth-order valence-electron chi connectivity index (χ4n) is 3.65. The number of hydrogen-bond acceptors (Lipinski definition) is 3. The van der Waals surface area contributed by atoms with Crippen LogP contribution in [0.4, 0.5) is 0 Å². The van der Waals surface area contributed by atoms with Crippen LogP contribution >= 0.6 is 0 Å². The van der Waals surface area contributed by atoms with Crippen molar-refractivity contribution in [1.29, 1.82) is 0 Å². The highest BCUT2D eigenvalue weighted by Crippen LogP contribution is 2.23. The van der Waals surface area contributed by atoms with E-state index in [0.29, 0.717) is 12.0 Å². The molecule has 2 saturated heterocycles. The Morgan fingerprint density at radius 3 is 2.57 bits per heavy atom.